The number of carbonyl (C=O) groups is 2. The molecule has 6 nitrogen and oxygen atoms in total. The highest BCUT2D eigenvalue weighted by Gasteiger charge is 2.61. The normalized spacial score (nSPS) is 29.4. The minimum absolute atomic E-state index is 0.0192. The van der Waals surface area contributed by atoms with E-state index in [0.717, 1.165) is 0 Å². The number of phenols is 1. The van der Waals surface area contributed by atoms with Crippen LogP contribution in [-0.4, -0.2) is 16.7 Å². The minimum atomic E-state index is -1.37. The van der Waals surface area contributed by atoms with Gasteiger partial charge in [0, 0.05) is 18.4 Å². The van der Waals surface area contributed by atoms with Gasteiger partial charge in [-0.2, -0.15) is 0 Å². The van der Waals surface area contributed by atoms with Gasteiger partial charge < -0.3 is 14.6 Å². The molecule has 2 heterocycles. The lowest BCUT2D eigenvalue weighted by Gasteiger charge is -2.53. The van der Waals surface area contributed by atoms with Gasteiger partial charge >= 0.3 is 0 Å². The Hall–Kier alpha value is -3.12. The molecule has 2 aromatic rings. The SMILES string of the molecule is O=C1CC[C@]23Oc4ccc(O)c5c4[C@@](C=CC5=O)(Oc4cccc1c42)O3. The second-order valence-corrected chi connectivity index (χ2v) is 6.86. The molecule has 6 rings (SSSR count). The molecule has 2 bridgehead atoms. The van der Waals surface area contributed by atoms with Crippen molar-refractivity contribution in [3.63, 3.8) is 0 Å². The molecule has 2 aromatic carbocycles. The van der Waals surface area contributed by atoms with E-state index in [4.69, 9.17) is 14.2 Å². The number of phenolic OH excluding ortho intramolecular Hbond substituents is 1. The molecule has 2 atom stereocenters. The molecule has 0 aromatic heterocycles. The van der Waals surface area contributed by atoms with Crippen molar-refractivity contribution in [1.29, 1.82) is 0 Å². The Morgan fingerprint density at radius 2 is 1.85 bits per heavy atom. The molecule has 0 saturated heterocycles. The predicted molar refractivity (Wildman–Crippen MR) is 87.3 cm³/mol. The number of Topliss-reactive ketones (excluding diaryl/α,β-unsaturated/α-hetero) is 1. The molecule has 0 saturated carbocycles. The summed E-state index contributed by atoms with van der Waals surface area (Å²) in [5.74, 6) is -2.10. The first kappa shape index (κ1) is 14.1. The van der Waals surface area contributed by atoms with Crippen molar-refractivity contribution in [2.45, 2.75) is 24.4 Å². The molecule has 26 heavy (non-hydrogen) atoms. The molecule has 4 aliphatic rings. The number of carbonyl (C=O) groups excluding carboxylic acids is 2. The van der Waals surface area contributed by atoms with Crippen molar-refractivity contribution >= 4 is 11.6 Å². The van der Waals surface area contributed by atoms with Crippen LogP contribution in [0.15, 0.2) is 42.5 Å². The largest absolute Gasteiger partial charge is 0.507 e. The van der Waals surface area contributed by atoms with Crippen LogP contribution in [0, 0.1) is 0 Å². The van der Waals surface area contributed by atoms with Crippen LogP contribution in [-0.2, 0) is 16.3 Å². The van der Waals surface area contributed by atoms with Crippen LogP contribution in [0.1, 0.15) is 44.7 Å². The second-order valence-electron chi connectivity index (χ2n) is 6.86. The van der Waals surface area contributed by atoms with Crippen LogP contribution in [0.25, 0.3) is 0 Å². The zero-order valence-corrected chi connectivity index (χ0v) is 13.4. The molecule has 6 heteroatoms. The summed E-state index contributed by atoms with van der Waals surface area (Å²) >= 11 is 0. The smallest absolute Gasteiger partial charge is 0.265 e. The van der Waals surface area contributed by atoms with Gasteiger partial charge in [-0.25, -0.2) is 0 Å². The van der Waals surface area contributed by atoms with E-state index in [1.165, 1.54) is 12.1 Å². The summed E-state index contributed by atoms with van der Waals surface area (Å²) in [5, 5.41) is 10.2. The summed E-state index contributed by atoms with van der Waals surface area (Å²) in [6.45, 7) is 0. The summed E-state index contributed by atoms with van der Waals surface area (Å²) in [6.07, 6.45) is 3.53. The number of rotatable bonds is 0. The lowest BCUT2D eigenvalue weighted by Crippen LogP contribution is -2.57. The standard InChI is InChI=1S/C20H12O6/c21-11-6-8-19-17-10(11)2-1-3-14(17)24-20(26-19)9-7-13(23)16-12(22)4-5-15(25-19)18(16)20/h1-5,7,9,22H,6,8H2/t19-,20+/m1/s1. The number of hydrogen-bond donors (Lipinski definition) is 1. The highest BCUT2D eigenvalue weighted by Crippen LogP contribution is 2.60. The van der Waals surface area contributed by atoms with Crippen LogP contribution in [0.2, 0.25) is 0 Å². The van der Waals surface area contributed by atoms with Crippen molar-refractivity contribution in [2.24, 2.45) is 0 Å². The van der Waals surface area contributed by atoms with E-state index in [1.54, 1.807) is 30.3 Å². The van der Waals surface area contributed by atoms with Crippen LogP contribution in [0.4, 0.5) is 0 Å². The topological polar surface area (TPSA) is 82.1 Å². The van der Waals surface area contributed by atoms with Crippen molar-refractivity contribution in [3.05, 3.63) is 64.7 Å². The van der Waals surface area contributed by atoms with E-state index in [2.05, 4.69) is 0 Å². The highest BCUT2D eigenvalue weighted by atomic mass is 16.8. The predicted octanol–water partition coefficient (Wildman–Crippen LogP) is 2.93. The van der Waals surface area contributed by atoms with E-state index >= 15 is 0 Å². The zero-order valence-electron chi connectivity index (χ0n) is 13.4. The molecule has 0 fully saturated rings. The van der Waals surface area contributed by atoms with Gasteiger partial charge in [0.05, 0.1) is 16.7 Å². The molecule has 128 valence electrons. The third-order valence-corrected chi connectivity index (χ3v) is 5.44. The molecule has 2 aliphatic carbocycles. The van der Waals surface area contributed by atoms with Crippen molar-refractivity contribution < 1.29 is 28.9 Å². The van der Waals surface area contributed by atoms with Gasteiger partial charge in [0.25, 0.3) is 5.79 Å². The third-order valence-electron chi connectivity index (χ3n) is 5.44. The first-order chi connectivity index (χ1) is 12.5. The van der Waals surface area contributed by atoms with E-state index in [1.807, 2.05) is 0 Å². The quantitative estimate of drug-likeness (QED) is 0.788. The lowest BCUT2D eigenvalue weighted by atomic mass is 9.80. The number of allylic oxidation sites excluding steroid dienone is 1. The molecule has 0 unspecified atom stereocenters. The first-order valence-electron chi connectivity index (χ1n) is 8.38. The summed E-state index contributed by atoms with van der Waals surface area (Å²) < 4.78 is 18.7. The first-order valence-corrected chi connectivity index (χ1v) is 8.38. The Balaban J connectivity index is 1.72. The molecular formula is C20H12O6. The van der Waals surface area contributed by atoms with Gasteiger partial charge in [-0.15, -0.1) is 0 Å². The molecule has 0 radical (unpaired) electrons. The Bertz CT molecular complexity index is 1080. The maximum absolute atomic E-state index is 12.4. The van der Waals surface area contributed by atoms with Gasteiger partial charge in [-0.3, -0.25) is 14.3 Å². The average Bonchev–Trinajstić information content (AvgIpc) is 2.63. The van der Waals surface area contributed by atoms with Gasteiger partial charge in [-0.1, -0.05) is 12.1 Å². The Labute approximate surface area is 147 Å². The monoisotopic (exact) mass is 348 g/mol. The van der Waals surface area contributed by atoms with Gasteiger partial charge in [0.1, 0.15) is 17.2 Å². The fourth-order valence-electron chi connectivity index (χ4n) is 4.39. The second kappa shape index (κ2) is 4.16. The van der Waals surface area contributed by atoms with Crippen molar-refractivity contribution in [3.8, 4) is 17.2 Å². The van der Waals surface area contributed by atoms with Crippen LogP contribution in [0.3, 0.4) is 0 Å². The highest BCUT2D eigenvalue weighted by molar-refractivity contribution is 6.10. The lowest BCUT2D eigenvalue weighted by molar-refractivity contribution is -0.341. The molecule has 2 spiro atoms. The summed E-state index contributed by atoms with van der Waals surface area (Å²) in [4.78, 5) is 24.7. The molecule has 2 aliphatic heterocycles. The molecule has 0 amide bonds. The molecular weight excluding hydrogens is 336 g/mol. The summed E-state index contributed by atoms with van der Waals surface area (Å²) in [7, 11) is 0. The molecule has 1 N–H and O–H groups in total. The van der Waals surface area contributed by atoms with E-state index in [0.29, 0.717) is 34.6 Å². The van der Waals surface area contributed by atoms with Gasteiger partial charge in [-0.05, 0) is 30.4 Å². The van der Waals surface area contributed by atoms with Crippen LogP contribution >= 0.6 is 0 Å². The summed E-state index contributed by atoms with van der Waals surface area (Å²) in [5.41, 5.74) is 1.60. The van der Waals surface area contributed by atoms with Crippen LogP contribution in [0.5, 0.6) is 17.2 Å². The number of aromatic hydroxyl groups is 1. The average molecular weight is 348 g/mol. The van der Waals surface area contributed by atoms with Gasteiger partial charge in [0.2, 0.25) is 5.79 Å². The number of hydrogen-bond acceptors (Lipinski definition) is 6. The zero-order chi connectivity index (χ0) is 17.7. The van der Waals surface area contributed by atoms with E-state index in [-0.39, 0.29) is 29.3 Å². The Morgan fingerprint density at radius 3 is 2.73 bits per heavy atom. The number of ketones is 2. The Morgan fingerprint density at radius 1 is 1.00 bits per heavy atom. The fraction of sp³-hybridized carbons (Fsp3) is 0.200. The van der Waals surface area contributed by atoms with Crippen molar-refractivity contribution in [2.75, 3.05) is 0 Å². The summed E-state index contributed by atoms with van der Waals surface area (Å²) in [6, 6.07) is 8.29. The van der Waals surface area contributed by atoms with Crippen LogP contribution < -0.4 is 9.47 Å². The maximum atomic E-state index is 12.4. The minimum Gasteiger partial charge on any atom is -0.507 e. The van der Waals surface area contributed by atoms with Crippen molar-refractivity contribution in [1.82, 2.24) is 0 Å². The van der Waals surface area contributed by atoms with E-state index < -0.39 is 11.6 Å². The maximum Gasteiger partial charge on any atom is 0.265 e. The fourth-order valence-corrected chi connectivity index (χ4v) is 4.39. The van der Waals surface area contributed by atoms with E-state index in [9.17, 15) is 14.7 Å². The number of ether oxygens (including phenoxy) is 3. The third kappa shape index (κ3) is 1.43. The van der Waals surface area contributed by atoms with Gasteiger partial charge in [0.15, 0.2) is 11.6 Å². The number of benzene rings is 2. The Kier molecular flexibility index (Phi) is 2.26.